The lowest BCUT2D eigenvalue weighted by Gasteiger charge is -2.42. The lowest BCUT2D eigenvalue weighted by molar-refractivity contribution is -0.140. The third-order valence-corrected chi connectivity index (χ3v) is 8.90. The second-order valence-corrected chi connectivity index (χ2v) is 11.2. The standard InChI is InChI=1S/C27H36N4O4/c1-4-26(2,3)19-9-13-27(14-10-19)24(33)31(25(34)29-27)17-22(32)30-15-11-18(12-16-30)23-28-20-7-5-6-8-21(20)35-23/h5-8,18-19H,4,9-17H2,1-3H3,(H,29,34). The summed E-state index contributed by atoms with van der Waals surface area (Å²) in [5.74, 6) is 1.01. The Kier molecular flexibility index (Phi) is 6.09. The summed E-state index contributed by atoms with van der Waals surface area (Å²) in [4.78, 5) is 46.6. The van der Waals surface area contributed by atoms with E-state index in [4.69, 9.17) is 4.42 Å². The normalized spacial score (nSPS) is 26.1. The smallest absolute Gasteiger partial charge is 0.325 e. The van der Waals surface area contributed by atoms with Crippen molar-refractivity contribution >= 4 is 28.9 Å². The van der Waals surface area contributed by atoms with Crippen molar-refractivity contribution < 1.29 is 18.8 Å². The van der Waals surface area contributed by atoms with Gasteiger partial charge in [0.1, 0.15) is 17.6 Å². The van der Waals surface area contributed by atoms with Crippen LogP contribution in [0.1, 0.15) is 77.5 Å². The maximum absolute atomic E-state index is 13.3. The maximum Gasteiger partial charge on any atom is 0.325 e. The van der Waals surface area contributed by atoms with Gasteiger partial charge >= 0.3 is 6.03 Å². The summed E-state index contributed by atoms with van der Waals surface area (Å²) in [6.07, 6.45) is 5.71. The Morgan fingerprint density at radius 3 is 2.49 bits per heavy atom. The number of piperidine rings is 1. The molecule has 1 aromatic carbocycles. The maximum atomic E-state index is 13.3. The molecule has 188 valence electrons. The Morgan fingerprint density at radius 2 is 1.83 bits per heavy atom. The van der Waals surface area contributed by atoms with Crippen LogP contribution >= 0.6 is 0 Å². The third-order valence-electron chi connectivity index (χ3n) is 8.90. The molecule has 8 heteroatoms. The molecule has 1 N–H and O–H groups in total. The van der Waals surface area contributed by atoms with Crippen LogP contribution in [0.3, 0.4) is 0 Å². The molecule has 3 fully saturated rings. The number of hydrogen-bond donors (Lipinski definition) is 1. The molecule has 4 amide bonds. The van der Waals surface area contributed by atoms with E-state index in [1.165, 1.54) is 0 Å². The SMILES string of the molecule is CCC(C)(C)C1CCC2(CC1)NC(=O)N(CC(=O)N1CCC(c3nc4ccccc4o3)CC1)C2=O. The van der Waals surface area contributed by atoms with Gasteiger partial charge in [-0.05, 0) is 62.0 Å². The van der Waals surface area contributed by atoms with Crippen molar-refractivity contribution in [2.45, 2.75) is 77.2 Å². The zero-order chi connectivity index (χ0) is 24.8. The topological polar surface area (TPSA) is 95.8 Å². The molecule has 1 aromatic heterocycles. The van der Waals surface area contributed by atoms with Crippen LogP contribution in [0.25, 0.3) is 11.1 Å². The first kappa shape index (κ1) is 23.8. The molecule has 1 saturated carbocycles. The molecule has 0 atom stereocenters. The Bertz CT molecular complexity index is 1090. The summed E-state index contributed by atoms with van der Waals surface area (Å²) >= 11 is 0. The van der Waals surface area contributed by atoms with Crippen LogP contribution in [-0.2, 0) is 9.59 Å². The molecule has 2 aromatic rings. The van der Waals surface area contributed by atoms with E-state index >= 15 is 0 Å². The van der Waals surface area contributed by atoms with Crippen LogP contribution < -0.4 is 5.32 Å². The number of nitrogens with zero attached hydrogens (tertiary/aromatic N) is 3. The van der Waals surface area contributed by atoms with Crippen LogP contribution in [0.15, 0.2) is 28.7 Å². The summed E-state index contributed by atoms with van der Waals surface area (Å²) in [7, 11) is 0. The first-order chi connectivity index (χ1) is 16.7. The van der Waals surface area contributed by atoms with Gasteiger partial charge in [0.15, 0.2) is 11.5 Å². The molecule has 5 rings (SSSR count). The van der Waals surface area contributed by atoms with Crippen LogP contribution in [0.2, 0.25) is 0 Å². The second-order valence-electron chi connectivity index (χ2n) is 11.2. The van der Waals surface area contributed by atoms with Crippen molar-refractivity contribution in [1.29, 1.82) is 0 Å². The third kappa shape index (κ3) is 4.32. The predicted octanol–water partition coefficient (Wildman–Crippen LogP) is 4.45. The van der Waals surface area contributed by atoms with Crippen molar-refractivity contribution in [3.63, 3.8) is 0 Å². The van der Waals surface area contributed by atoms with Crippen molar-refractivity contribution in [2.75, 3.05) is 19.6 Å². The largest absolute Gasteiger partial charge is 0.440 e. The zero-order valence-corrected chi connectivity index (χ0v) is 21.0. The molecule has 0 bridgehead atoms. The van der Waals surface area contributed by atoms with Crippen LogP contribution in [-0.4, -0.2) is 57.8 Å². The molecule has 3 heterocycles. The van der Waals surface area contributed by atoms with Gasteiger partial charge in [0.05, 0.1) is 0 Å². The fraction of sp³-hybridized carbons (Fsp3) is 0.630. The van der Waals surface area contributed by atoms with Crippen molar-refractivity contribution in [2.24, 2.45) is 11.3 Å². The van der Waals surface area contributed by atoms with Gasteiger partial charge in [0.25, 0.3) is 5.91 Å². The second kappa shape index (κ2) is 8.95. The van der Waals surface area contributed by atoms with Crippen LogP contribution in [0, 0.1) is 11.3 Å². The van der Waals surface area contributed by atoms with Gasteiger partial charge in [-0.1, -0.05) is 39.3 Å². The summed E-state index contributed by atoms with van der Waals surface area (Å²) in [5, 5.41) is 2.95. The number of para-hydroxylation sites is 2. The molecule has 2 saturated heterocycles. The van der Waals surface area contributed by atoms with Crippen LogP contribution in [0.4, 0.5) is 4.79 Å². The Labute approximate surface area is 206 Å². The van der Waals surface area contributed by atoms with Gasteiger partial charge in [-0.3, -0.25) is 14.5 Å². The van der Waals surface area contributed by atoms with Crippen molar-refractivity contribution in [1.82, 2.24) is 20.1 Å². The number of carbonyl (C=O) groups is 3. The minimum atomic E-state index is -0.836. The Balaban J connectivity index is 1.17. The highest BCUT2D eigenvalue weighted by Gasteiger charge is 2.54. The first-order valence-electron chi connectivity index (χ1n) is 13.0. The number of likely N-dealkylation sites (tertiary alicyclic amines) is 1. The highest BCUT2D eigenvalue weighted by atomic mass is 16.3. The average Bonchev–Trinajstić information content (AvgIpc) is 3.39. The number of oxazole rings is 1. The van der Waals surface area contributed by atoms with Crippen LogP contribution in [0.5, 0.6) is 0 Å². The number of carbonyl (C=O) groups excluding carboxylic acids is 3. The Hall–Kier alpha value is -2.90. The van der Waals surface area contributed by atoms with E-state index in [2.05, 4.69) is 31.1 Å². The molecule has 1 aliphatic carbocycles. The van der Waals surface area contributed by atoms with Gasteiger partial charge in [-0.15, -0.1) is 0 Å². The highest BCUT2D eigenvalue weighted by molar-refractivity contribution is 6.09. The fourth-order valence-electron chi connectivity index (χ4n) is 6.02. The predicted molar refractivity (Wildman–Crippen MR) is 132 cm³/mol. The Morgan fingerprint density at radius 1 is 1.14 bits per heavy atom. The quantitative estimate of drug-likeness (QED) is 0.638. The number of amides is 4. The molecule has 8 nitrogen and oxygen atoms in total. The lowest BCUT2D eigenvalue weighted by atomic mass is 9.65. The number of hydrogen-bond acceptors (Lipinski definition) is 5. The van der Waals surface area contributed by atoms with Crippen molar-refractivity contribution in [3.8, 4) is 0 Å². The number of rotatable bonds is 5. The lowest BCUT2D eigenvalue weighted by Crippen LogP contribution is -2.51. The fourth-order valence-corrected chi connectivity index (χ4v) is 6.02. The molecule has 1 spiro atoms. The number of fused-ring (bicyclic) bond motifs is 1. The number of benzene rings is 1. The minimum absolute atomic E-state index is 0.161. The monoisotopic (exact) mass is 480 g/mol. The van der Waals surface area contributed by atoms with Gasteiger partial charge in [0, 0.05) is 19.0 Å². The summed E-state index contributed by atoms with van der Waals surface area (Å²) in [6, 6.07) is 7.27. The molecule has 3 aliphatic rings. The van der Waals surface area contributed by atoms with E-state index in [0.29, 0.717) is 31.8 Å². The summed E-state index contributed by atoms with van der Waals surface area (Å²) in [5.41, 5.74) is 1.02. The summed E-state index contributed by atoms with van der Waals surface area (Å²) < 4.78 is 5.92. The van der Waals surface area contributed by atoms with E-state index in [1.54, 1.807) is 4.90 Å². The molecular formula is C27H36N4O4. The minimum Gasteiger partial charge on any atom is -0.440 e. The van der Waals surface area contributed by atoms with Gasteiger partial charge < -0.3 is 14.6 Å². The average molecular weight is 481 g/mol. The molecular weight excluding hydrogens is 444 g/mol. The molecule has 0 radical (unpaired) electrons. The van der Waals surface area contributed by atoms with E-state index in [1.807, 2.05) is 24.3 Å². The molecule has 0 unspecified atom stereocenters. The van der Waals surface area contributed by atoms with E-state index < -0.39 is 11.6 Å². The highest BCUT2D eigenvalue weighted by Crippen LogP contribution is 2.45. The molecule has 2 aliphatic heterocycles. The van der Waals surface area contributed by atoms with Gasteiger partial charge in [-0.25, -0.2) is 9.78 Å². The van der Waals surface area contributed by atoms with E-state index in [9.17, 15) is 14.4 Å². The number of nitrogens with one attached hydrogen (secondary N) is 1. The number of urea groups is 1. The first-order valence-corrected chi connectivity index (χ1v) is 13.0. The van der Waals surface area contributed by atoms with Crippen molar-refractivity contribution in [3.05, 3.63) is 30.2 Å². The molecule has 35 heavy (non-hydrogen) atoms. The van der Waals surface area contributed by atoms with E-state index in [0.717, 1.165) is 54.0 Å². The number of aromatic nitrogens is 1. The summed E-state index contributed by atoms with van der Waals surface area (Å²) in [6.45, 7) is 7.70. The number of imide groups is 1. The van der Waals surface area contributed by atoms with Gasteiger partial charge in [-0.2, -0.15) is 0 Å². The van der Waals surface area contributed by atoms with Gasteiger partial charge in [0.2, 0.25) is 5.91 Å². The van der Waals surface area contributed by atoms with E-state index in [-0.39, 0.29) is 29.7 Å². The zero-order valence-electron chi connectivity index (χ0n) is 21.0.